The van der Waals surface area contributed by atoms with E-state index in [1.807, 2.05) is 31.2 Å². The Morgan fingerprint density at radius 2 is 1.81 bits per heavy atom. The van der Waals surface area contributed by atoms with Gasteiger partial charge in [-0.1, -0.05) is 6.92 Å². The summed E-state index contributed by atoms with van der Waals surface area (Å²) in [6, 6.07) is 12.9. The highest BCUT2D eigenvalue weighted by molar-refractivity contribution is 7.10. The van der Waals surface area contributed by atoms with Crippen LogP contribution in [-0.2, 0) is 4.79 Å². The Morgan fingerprint density at radius 1 is 1.15 bits per heavy atom. The van der Waals surface area contributed by atoms with Gasteiger partial charge in [-0.05, 0) is 55.0 Å². The van der Waals surface area contributed by atoms with E-state index in [1.54, 1.807) is 7.11 Å². The van der Waals surface area contributed by atoms with Gasteiger partial charge in [0.2, 0.25) is 5.13 Å². The van der Waals surface area contributed by atoms with Crippen LogP contribution >= 0.6 is 11.5 Å². The number of amides is 1. The number of hydrogen-bond donors (Lipinski definition) is 1. The maximum absolute atomic E-state index is 13.0. The molecule has 0 radical (unpaired) electrons. The van der Waals surface area contributed by atoms with Crippen molar-refractivity contribution in [1.29, 1.82) is 0 Å². The number of anilines is 1. The first-order valence-corrected chi connectivity index (χ1v) is 9.07. The topological polar surface area (TPSA) is 73.3 Å². The fourth-order valence-corrected chi connectivity index (χ4v) is 2.91. The zero-order chi connectivity index (χ0) is 19.2. The largest absolute Gasteiger partial charge is 0.497 e. The molecule has 0 saturated heterocycles. The number of carbonyl (C=O) groups is 1. The molecular formula is C19H18FN3O3S. The summed E-state index contributed by atoms with van der Waals surface area (Å²) in [6.45, 7) is 1.83. The van der Waals surface area contributed by atoms with Crippen LogP contribution in [0, 0.1) is 5.82 Å². The Labute approximate surface area is 160 Å². The molecule has 8 heteroatoms. The second-order valence-electron chi connectivity index (χ2n) is 5.61. The summed E-state index contributed by atoms with van der Waals surface area (Å²) in [7, 11) is 1.60. The summed E-state index contributed by atoms with van der Waals surface area (Å²) in [5.74, 6) is 0.991. The SMILES string of the molecule is CC[C@@H](Oc1ccc(F)cc1)C(=O)Nc1nc(-c2ccc(OC)cc2)ns1. The molecule has 0 aliphatic heterocycles. The summed E-state index contributed by atoms with van der Waals surface area (Å²) in [5.41, 5.74) is 0.821. The predicted molar refractivity (Wildman–Crippen MR) is 102 cm³/mol. The van der Waals surface area contributed by atoms with E-state index in [4.69, 9.17) is 9.47 Å². The molecule has 0 aliphatic carbocycles. The van der Waals surface area contributed by atoms with Crippen LogP contribution in [0.25, 0.3) is 11.4 Å². The summed E-state index contributed by atoms with van der Waals surface area (Å²) >= 11 is 1.09. The summed E-state index contributed by atoms with van der Waals surface area (Å²) in [5, 5.41) is 3.10. The molecule has 27 heavy (non-hydrogen) atoms. The van der Waals surface area contributed by atoms with Gasteiger partial charge in [-0.2, -0.15) is 9.36 Å². The molecule has 1 aromatic heterocycles. The maximum atomic E-state index is 13.0. The van der Waals surface area contributed by atoms with Crippen LogP contribution in [0.3, 0.4) is 0 Å². The minimum atomic E-state index is -0.719. The van der Waals surface area contributed by atoms with Crippen molar-refractivity contribution in [3.63, 3.8) is 0 Å². The van der Waals surface area contributed by atoms with E-state index >= 15 is 0 Å². The normalized spacial score (nSPS) is 11.7. The van der Waals surface area contributed by atoms with Crippen molar-refractivity contribution in [2.24, 2.45) is 0 Å². The van der Waals surface area contributed by atoms with E-state index in [1.165, 1.54) is 24.3 Å². The van der Waals surface area contributed by atoms with E-state index in [0.29, 0.717) is 23.1 Å². The lowest BCUT2D eigenvalue weighted by Crippen LogP contribution is -2.32. The molecule has 0 saturated carbocycles. The zero-order valence-corrected chi connectivity index (χ0v) is 15.6. The molecule has 0 unspecified atom stereocenters. The van der Waals surface area contributed by atoms with Crippen molar-refractivity contribution in [3.8, 4) is 22.9 Å². The maximum Gasteiger partial charge on any atom is 0.267 e. The minimum Gasteiger partial charge on any atom is -0.497 e. The molecule has 3 rings (SSSR count). The molecule has 6 nitrogen and oxygen atoms in total. The van der Waals surface area contributed by atoms with Crippen LogP contribution in [0.1, 0.15) is 13.3 Å². The molecule has 2 aromatic carbocycles. The molecule has 0 aliphatic rings. The Kier molecular flexibility index (Phi) is 5.97. The first-order chi connectivity index (χ1) is 13.1. The highest BCUT2D eigenvalue weighted by atomic mass is 32.1. The highest BCUT2D eigenvalue weighted by Crippen LogP contribution is 2.24. The minimum absolute atomic E-state index is 0.334. The second-order valence-corrected chi connectivity index (χ2v) is 6.36. The number of hydrogen-bond acceptors (Lipinski definition) is 6. The van der Waals surface area contributed by atoms with Gasteiger partial charge >= 0.3 is 0 Å². The van der Waals surface area contributed by atoms with Gasteiger partial charge in [-0.3, -0.25) is 10.1 Å². The Balaban J connectivity index is 1.65. The molecule has 1 N–H and O–H groups in total. The number of ether oxygens (including phenoxy) is 2. The number of methoxy groups -OCH3 is 1. The highest BCUT2D eigenvalue weighted by Gasteiger charge is 2.20. The van der Waals surface area contributed by atoms with Crippen LogP contribution in [0.4, 0.5) is 9.52 Å². The van der Waals surface area contributed by atoms with Gasteiger partial charge in [-0.25, -0.2) is 4.39 Å². The van der Waals surface area contributed by atoms with Crippen LogP contribution in [0.5, 0.6) is 11.5 Å². The molecule has 1 amide bonds. The van der Waals surface area contributed by atoms with Gasteiger partial charge < -0.3 is 9.47 Å². The molecular weight excluding hydrogens is 369 g/mol. The van der Waals surface area contributed by atoms with Crippen molar-refractivity contribution in [3.05, 3.63) is 54.3 Å². The number of nitrogens with one attached hydrogen (secondary N) is 1. The fourth-order valence-electron chi connectivity index (χ4n) is 2.32. The zero-order valence-electron chi connectivity index (χ0n) is 14.8. The van der Waals surface area contributed by atoms with E-state index < -0.39 is 6.10 Å². The molecule has 0 spiro atoms. The summed E-state index contributed by atoms with van der Waals surface area (Å²) < 4.78 is 28.0. The lowest BCUT2D eigenvalue weighted by atomic mass is 10.2. The summed E-state index contributed by atoms with van der Waals surface area (Å²) in [4.78, 5) is 16.8. The summed E-state index contributed by atoms with van der Waals surface area (Å²) in [6.07, 6.45) is -0.267. The van der Waals surface area contributed by atoms with Gasteiger partial charge in [0.1, 0.15) is 17.3 Å². The molecule has 0 fully saturated rings. The van der Waals surface area contributed by atoms with Crippen molar-refractivity contribution in [2.75, 3.05) is 12.4 Å². The van der Waals surface area contributed by atoms with Gasteiger partial charge in [0.25, 0.3) is 5.91 Å². The van der Waals surface area contributed by atoms with Crippen molar-refractivity contribution >= 4 is 22.6 Å². The molecule has 1 atom stereocenters. The average Bonchev–Trinajstić information content (AvgIpc) is 3.16. The van der Waals surface area contributed by atoms with Crippen molar-refractivity contribution in [1.82, 2.24) is 9.36 Å². The first kappa shape index (κ1) is 18.8. The molecule has 1 heterocycles. The average molecular weight is 387 g/mol. The van der Waals surface area contributed by atoms with Crippen LogP contribution < -0.4 is 14.8 Å². The number of nitrogens with zero attached hydrogens (tertiary/aromatic N) is 2. The van der Waals surface area contributed by atoms with E-state index in [0.717, 1.165) is 22.8 Å². The third kappa shape index (κ3) is 4.79. The smallest absolute Gasteiger partial charge is 0.267 e. The van der Waals surface area contributed by atoms with Crippen molar-refractivity contribution < 1.29 is 18.7 Å². The Hall–Kier alpha value is -3.00. The van der Waals surface area contributed by atoms with Crippen LogP contribution in [-0.4, -0.2) is 28.5 Å². The third-order valence-corrected chi connectivity index (χ3v) is 4.39. The molecule has 3 aromatic rings. The number of benzene rings is 2. The standard InChI is InChI=1S/C19H18FN3O3S/c1-3-16(26-15-10-6-13(20)7-11-15)18(24)22-19-21-17(23-27-19)12-4-8-14(25-2)9-5-12/h4-11,16H,3H2,1-2H3,(H,21,22,23,24)/t16-/m1/s1. The number of rotatable bonds is 7. The Bertz CT molecular complexity index is 897. The predicted octanol–water partition coefficient (Wildman–Crippen LogP) is 4.15. The van der Waals surface area contributed by atoms with Crippen molar-refractivity contribution in [2.45, 2.75) is 19.4 Å². The van der Waals surface area contributed by atoms with Crippen LogP contribution in [0.15, 0.2) is 48.5 Å². The molecule has 0 bridgehead atoms. The monoisotopic (exact) mass is 387 g/mol. The third-order valence-electron chi connectivity index (χ3n) is 3.76. The van der Waals surface area contributed by atoms with E-state index in [2.05, 4.69) is 14.7 Å². The second kappa shape index (κ2) is 8.59. The van der Waals surface area contributed by atoms with E-state index in [9.17, 15) is 9.18 Å². The van der Waals surface area contributed by atoms with Crippen LogP contribution in [0.2, 0.25) is 0 Å². The number of halogens is 1. The Morgan fingerprint density at radius 3 is 2.44 bits per heavy atom. The number of aromatic nitrogens is 2. The fraction of sp³-hybridized carbons (Fsp3) is 0.211. The van der Waals surface area contributed by atoms with E-state index in [-0.39, 0.29) is 11.7 Å². The van der Waals surface area contributed by atoms with Gasteiger partial charge in [0.15, 0.2) is 11.9 Å². The van der Waals surface area contributed by atoms with Gasteiger partial charge in [-0.15, -0.1) is 0 Å². The van der Waals surface area contributed by atoms with Gasteiger partial charge in [0.05, 0.1) is 7.11 Å². The quantitative estimate of drug-likeness (QED) is 0.659. The lowest BCUT2D eigenvalue weighted by Gasteiger charge is -2.16. The lowest BCUT2D eigenvalue weighted by molar-refractivity contribution is -0.122. The first-order valence-electron chi connectivity index (χ1n) is 8.30. The van der Waals surface area contributed by atoms with Gasteiger partial charge in [0, 0.05) is 17.1 Å². The number of carbonyl (C=O) groups excluding carboxylic acids is 1. The molecule has 140 valence electrons.